The highest BCUT2D eigenvalue weighted by molar-refractivity contribution is 7.13. The average molecular weight is 319 g/mol. The molecule has 2 aromatic rings. The maximum absolute atomic E-state index is 12.6. The van der Waals surface area contributed by atoms with Gasteiger partial charge in [0.25, 0.3) is 5.91 Å². The smallest absolute Gasteiger partial charge is 0.265 e. The van der Waals surface area contributed by atoms with Crippen LogP contribution in [0.5, 0.6) is 0 Å². The summed E-state index contributed by atoms with van der Waals surface area (Å²) in [5, 5.41) is 8.04. The molecule has 3 heterocycles. The molecular weight excluding hydrogens is 298 g/mol. The van der Waals surface area contributed by atoms with E-state index in [0.29, 0.717) is 5.92 Å². The summed E-state index contributed by atoms with van der Waals surface area (Å²) in [6.45, 7) is 7.39. The largest absolute Gasteiger partial charge is 0.338 e. The van der Waals surface area contributed by atoms with Gasteiger partial charge in [0.05, 0.1) is 10.7 Å². The third-order valence-electron chi connectivity index (χ3n) is 4.11. The molecule has 0 radical (unpaired) electrons. The first-order valence-corrected chi connectivity index (χ1v) is 8.45. The number of hydrogen-bond donors (Lipinski definition) is 1. The lowest BCUT2D eigenvalue weighted by atomic mass is 9.93. The molecule has 1 aliphatic heterocycles. The molecule has 1 aliphatic rings. The highest BCUT2D eigenvalue weighted by atomic mass is 32.1. The molecule has 1 N–H and O–H groups in total. The lowest BCUT2D eigenvalue weighted by Gasteiger charge is -2.31. The van der Waals surface area contributed by atoms with E-state index in [1.165, 1.54) is 11.3 Å². The number of nitrogens with one attached hydrogen (secondary N) is 1. The van der Waals surface area contributed by atoms with E-state index in [9.17, 15) is 4.79 Å². The molecule has 2 aromatic heterocycles. The lowest BCUT2D eigenvalue weighted by molar-refractivity contribution is 0.0694. The van der Waals surface area contributed by atoms with Crippen molar-refractivity contribution in [3.8, 4) is 0 Å². The molecule has 7 heteroatoms. The predicted octanol–water partition coefficient (Wildman–Crippen LogP) is 2.28. The monoisotopic (exact) mass is 319 g/mol. The zero-order valence-electron chi connectivity index (χ0n) is 13.2. The van der Waals surface area contributed by atoms with Crippen LogP contribution >= 0.6 is 11.3 Å². The molecule has 0 saturated carbocycles. The first-order chi connectivity index (χ1) is 10.5. The standard InChI is InChI=1S/C15H21N5OS/c1-9-14(22-11(3)16-9)15(21)20-6-4-12(5-7-20)8-13-17-10(2)18-19-13/h12H,4-8H2,1-3H3,(H,17,18,19). The maximum Gasteiger partial charge on any atom is 0.265 e. The van der Waals surface area contributed by atoms with Crippen molar-refractivity contribution in [1.29, 1.82) is 0 Å². The van der Waals surface area contributed by atoms with E-state index in [1.54, 1.807) is 0 Å². The summed E-state index contributed by atoms with van der Waals surface area (Å²) in [5.74, 6) is 2.44. The number of amides is 1. The van der Waals surface area contributed by atoms with Crippen LogP contribution in [0.15, 0.2) is 0 Å². The molecule has 22 heavy (non-hydrogen) atoms. The predicted molar refractivity (Wildman–Crippen MR) is 85.0 cm³/mol. The molecule has 3 rings (SSSR count). The van der Waals surface area contributed by atoms with Gasteiger partial charge in [-0.2, -0.15) is 5.10 Å². The topological polar surface area (TPSA) is 74.8 Å². The Morgan fingerprint density at radius 2 is 2.00 bits per heavy atom. The van der Waals surface area contributed by atoms with E-state index in [0.717, 1.165) is 59.6 Å². The SMILES string of the molecule is Cc1nc(CC2CCN(C(=O)c3sc(C)nc3C)CC2)n[nH]1. The quantitative estimate of drug-likeness (QED) is 0.942. The molecule has 1 fully saturated rings. The van der Waals surface area contributed by atoms with Crippen molar-refractivity contribution >= 4 is 17.2 Å². The molecule has 6 nitrogen and oxygen atoms in total. The fourth-order valence-corrected chi connectivity index (χ4v) is 3.84. The summed E-state index contributed by atoms with van der Waals surface area (Å²) >= 11 is 1.50. The molecule has 0 bridgehead atoms. The third kappa shape index (κ3) is 3.19. The van der Waals surface area contributed by atoms with Gasteiger partial charge < -0.3 is 4.90 Å². The summed E-state index contributed by atoms with van der Waals surface area (Å²) in [4.78, 5) is 24.0. The van der Waals surface area contributed by atoms with Gasteiger partial charge in [0.15, 0.2) is 5.82 Å². The number of H-pyrrole nitrogens is 1. The molecule has 0 aliphatic carbocycles. The first-order valence-electron chi connectivity index (χ1n) is 7.64. The van der Waals surface area contributed by atoms with Gasteiger partial charge >= 0.3 is 0 Å². The fraction of sp³-hybridized carbons (Fsp3) is 0.600. The van der Waals surface area contributed by atoms with Crippen molar-refractivity contribution in [2.75, 3.05) is 13.1 Å². The molecule has 1 saturated heterocycles. The summed E-state index contributed by atoms with van der Waals surface area (Å²) in [7, 11) is 0. The summed E-state index contributed by atoms with van der Waals surface area (Å²) in [6, 6.07) is 0. The van der Waals surface area contributed by atoms with Gasteiger partial charge in [0, 0.05) is 19.5 Å². The van der Waals surface area contributed by atoms with Gasteiger partial charge in [-0.05, 0) is 39.5 Å². The van der Waals surface area contributed by atoms with Crippen LogP contribution in [-0.4, -0.2) is 44.1 Å². The normalized spacial score (nSPS) is 16.2. The Kier molecular flexibility index (Phi) is 4.24. The van der Waals surface area contributed by atoms with Gasteiger partial charge in [0.1, 0.15) is 10.7 Å². The van der Waals surface area contributed by atoms with Crippen molar-refractivity contribution in [3.63, 3.8) is 0 Å². The minimum atomic E-state index is 0.135. The molecule has 0 unspecified atom stereocenters. The fourth-order valence-electron chi connectivity index (χ4n) is 2.95. The molecule has 0 aromatic carbocycles. The highest BCUT2D eigenvalue weighted by Crippen LogP contribution is 2.24. The zero-order valence-corrected chi connectivity index (χ0v) is 14.0. The number of carbonyl (C=O) groups excluding carboxylic acids is 1. The van der Waals surface area contributed by atoms with Gasteiger partial charge in [-0.15, -0.1) is 11.3 Å². The Bertz CT molecular complexity index is 669. The number of carbonyl (C=O) groups is 1. The van der Waals surface area contributed by atoms with Gasteiger partial charge in [-0.25, -0.2) is 9.97 Å². The molecule has 0 spiro atoms. The number of thiazole rings is 1. The second-order valence-corrected chi connectivity index (χ2v) is 7.13. The Morgan fingerprint density at radius 1 is 1.27 bits per heavy atom. The Balaban J connectivity index is 1.57. The summed E-state index contributed by atoms with van der Waals surface area (Å²) in [6.07, 6.45) is 2.91. The third-order valence-corrected chi connectivity index (χ3v) is 5.18. The number of aryl methyl sites for hydroxylation is 3. The van der Waals surface area contributed by atoms with Crippen molar-refractivity contribution in [1.82, 2.24) is 25.1 Å². The van der Waals surface area contributed by atoms with Crippen LogP contribution in [0.2, 0.25) is 0 Å². The van der Waals surface area contributed by atoms with Crippen LogP contribution in [0.25, 0.3) is 0 Å². The van der Waals surface area contributed by atoms with E-state index in [-0.39, 0.29) is 5.91 Å². The van der Waals surface area contributed by atoms with Crippen molar-refractivity contribution in [3.05, 3.63) is 27.2 Å². The number of aromatic amines is 1. The second-order valence-electron chi connectivity index (χ2n) is 5.92. The van der Waals surface area contributed by atoms with Crippen LogP contribution in [-0.2, 0) is 6.42 Å². The van der Waals surface area contributed by atoms with E-state index in [1.807, 2.05) is 25.7 Å². The van der Waals surface area contributed by atoms with Gasteiger partial charge in [0.2, 0.25) is 0 Å². The van der Waals surface area contributed by atoms with E-state index < -0.39 is 0 Å². The summed E-state index contributed by atoms with van der Waals surface area (Å²) < 4.78 is 0. The molecule has 1 amide bonds. The Hall–Kier alpha value is -1.76. The Morgan fingerprint density at radius 3 is 2.55 bits per heavy atom. The molecule has 0 atom stereocenters. The van der Waals surface area contributed by atoms with Crippen LogP contribution in [0.4, 0.5) is 0 Å². The van der Waals surface area contributed by atoms with Crippen LogP contribution in [0.1, 0.15) is 44.9 Å². The highest BCUT2D eigenvalue weighted by Gasteiger charge is 2.26. The van der Waals surface area contributed by atoms with Gasteiger partial charge in [-0.1, -0.05) is 0 Å². The molecular formula is C15H21N5OS. The van der Waals surface area contributed by atoms with Crippen molar-refractivity contribution in [2.45, 2.75) is 40.0 Å². The van der Waals surface area contributed by atoms with E-state index in [4.69, 9.17) is 0 Å². The van der Waals surface area contributed by atoms with Crippen LogP contribution in [0, 0.1) is 26.7 Å². The second kappa shape index (κ2) is 6.16. The zero-order chi connectivity index (χ0) is 15.7. The van der Waals surface area contributed by atoms with Crippen LogP contribution < -0.4 is 0 Å². The van der Waals surface area contributed by atoms with E-state index in [2.05, 4.69) is 20.2 Å². The Labute approximate surface area is 134 Å². The number of rotatable bonds is 3. The average Bonchev–Trinajstić information content (AvgIpc) is 3.04. The number of likely N-dealkylation sites (tertiary alicyclic amines) is 1. The summed E-state index contributed by atoms with van der Waals surface area (Å²) in [5.41, 5.74) is 0.853. The number of nitrogens with zero attached hydrogens (tertiary/aromatic N) is 4. The van der Waals surface area contributed by atoms with Crippen molar-refractivity contribution < 1.29 is 4.79 Å². The number of aromatic nitrogens is 4. The number of hydrogen-bond acceptors (Lipinski definition) is 5. The number of piperidine rings is 1. The van der Waals surface area contributed by atoms with Crippen LogP contribution in [0.3, 0.4) is 0 Å². The molecule has 118 valence electrons. The first kappa shape index (κ1) is 15.1. The lowest BCUT2D eigenvalue weighted by Crippen LogP contribution is -2.38. The van der Waals surface area contributed by atoms with Gasteiger partial charge in [-0.3, -0.25) is 9.89 Å². The maximum atomic E-state index is 12.6. The minimum Gasteiger partial charge on any atom is -0.338 e. The van der Waals surface area contributed by atoms with E-state index >= 15 is 0 Å². The van der Waals surface area contributed by atoms with Crippen molar-refractivity contribution in [2.24, 2.45) is 5.92 Å². The minimum absolute atomic E-state index is 0.135.